The molecule has 1 atom stereocenters. The molecule has 1 unspecified atom stereocenters. The van der Waals surface area contributed by atoms with Crippen molar-refractivity contribution in [3.8, 4) is 5.88 Å². The number of rotatable bonds is 4. The average molecular weight is 265 g/mol. The van der Waals surface area contributed by atoms with E-state index in [0.29, 0.717) is 11.6 Å². The Kier molecular flexibility index (Phi) is 4.47. The third-order valence-electron chi connectivity index (χ3n) is 3.26. The van der Waals surface area contributed by atoms with Crippen LogP contribution in [0.1, 0.15) is 26.7 Å². The molecule has 2 N–H and O–H groups in total. The van der Waals surface area contributed by atoms with Gasteiger partial charge in [-0.05, 0) is 38.8 Å². The number of piperidine rings is 1. The molecule has 2 rings (SSSR count). The zero-order valence-corrected chi connectivity index (χ0v) is 11.9. The van der Waals surface area contributed by atoms with Crippen molar-refractivity contribution in [2.75, 3.05) is 30.8 Å². The van der Waals surface area contributed by atoms with E-state index in [4.69, 9.17) is 15.2 Å². The Labute approximate surface area is 114 Å². The fraction of sp³-hybridized carbons (Fsp3) is 0.643. The molecule has 1 aliphatic heterocycles. The highest BCUT2D eigenvalue weighted by Crippen LogP contribution is 2.26. The minimum atomic E-state index is 0.0677. The number of nitrogens with zero attached hydrogens (tertiary/aromatic N) is 2. The van der Waals surface area contributed by atoms with E-state index in [9.17, 15) is 0 Å². The number of pyridine rings is 1. The van der Waals surface area contributed by atoms with Gasteiger partial charge in [0.15, 0.2) is 0 Å². The van der Waals surface area contributed by atoms with Crippen LogP contribution >= 0.6 is 0 Å². The van der Waals surface area contributed by atoms with Gasteiger partial charge in [-0.25, -0.2) is 0 Å². The highest BCUT2D eigenvalue weighted by molar-refractivity contribution is 5.54. The fourth-order valence-corrected chi connectivity index (χ4v) is 2.27. The molecular weight excluding hydrogens is 242 g/mol. The Bertz CT molecular complexity index is 423. The lowest BCUT2D eigenvalue weighted by Crippen LogP contribution is -2.39. The molecule has 5 nitrogen and oxygen atoms in total. The van der Waals surface area contributed by atoms with Gasteiger partial charge in [0.05, 0.1) is 17.9 Å². The van der Waals surface area contributed by atoms with E-state index in [1.807, 2.05) is 26.0 Å². The number of nitrogen functional groups attached to an aromatic ring is 1. The van der Waals surface area contributed by atoms with Crippen molar-refractivity contribution in [3.63, 3.8) is 0 Å². The number of nitrogens with two attached hydrogens (primary N) is 1. The van der Waals surface area contributed by atoms with Crippen molar-refractivity contribution in [2.45, 2.75) is 38.9 Å². The number of anilines is 2. The van der Waals surface area contributed by atoms with Crippen molar-refractivity contribution < 1.29 is 9.47 Å². The van der Waals surface area contributed by atoms with Crippen LogP contribution in [-0.4, -0.2) is 37.4 Å². The van der Waals surface area contributed by atoms with Gasteiger partial charge < -0.3 is 20.1 Å². The molecule has 1 aromatic heterocycles. The summed E-state index contributed by atoms with van der Waals surface area (Å²) in [5.74, 6) is 1.43. The highest BCUT2D eigenvalue weighted by atomic mass is 16.5. The van der Waals surface area contributed by atoms with Crippen molar-refractivity contribution >= 4 is 11.5 Å². The Balaban J connectivity index is 2.15. The number of aromatic nitrogens is 1. The number of hydrogen-bond donors (Lipinski definition) is 1. The van der Waals surface area contributed by atoms with Crippen LogP contribution in [0.4, 0.5) is 11.5 Å². The number of ether oxygens (including phenoxy) is 2. The third kappa shape index (κ3) is 3.50. The van der Waals surface area contributed by atoms with Gasteiger partial charge >= 0.3 is 0 Å². The molecule has 1 saturated heterocycles. The Hall–Kier alpha value is -1.49. The molecule has 1 aliphatic rings. The summed E-state index contributed by atoms with van der Waals surface area (Å²) in [6, 6.07) is 3.80. The van der Waals surface area contributed by atoms with Crippen LogP contribution in [0, 0.1) is 0 Å². The van der Waals surface area contributed by atoms with Crippen LogP contribution in [0.15, 0.2) is 12.1 Å². The van der Waals surface area contributed by atoms with E-state index < -0.39 is 0 Å². The van der Waals surface area contributed by atoms with Crippen LogP contribution in [-0.2, 0) is 4.74 Å². The monoisotopic (exact) mass is 265 g/mol. The molecule has 0 aromatic carbocycles. The van der Waals surface area contributed by atoms with Crippen molar-refractivity contribution in [1.82, 2.24) is 4.98 Å². The summed E-state index contributed by atoms with van der Waals surface area (Å²) in [6.45, 7) is 5.80. The zero-order valence-electron chi connectivity index (χ0n) is 11.9. The quantitative estimate of drug-likeness (QED) is 0.903. The van der Waals surface area contributed by atoms with Crippen molar-refractivity contribution in [1.29, 1.82) is 0 Å². The number of hydrogen-bond acceptors (Lipinski definition) is 5. The van der Waals surface area contributed by atoms with E-state index in [1.54, 1.807) is 7.11 Å². The maximum absolute atomic E-state index is 5.89. The predicted molar refractivity (Wildman–Crippen MR) is 76.7 cm³/mol. The lowest BCUT2D eigenvalue weighted by molar-refractivity contribution is 0.0891. The smallest absolute Gasteiger partial charge is 0.239 e. The molecule has 0 spiro atoms. The molecule has 19 heavy (non-hydrogen) atoms. The third-order valence-corrected chi connectivity index (χ3v) is 3.26. The Morgan fingerprint density at radius 3 is 2.89 bits per heavy atom. The molecule has 0 radical (unpaired) electrons. The largest absolute Gasteiger partial charge is 0.473 e. The van der Waals surface area contributed by atoms with Gasteiger partial charge in [0.2, 0.25) is 5.88 Å². The highest BCUT2D eigenvalue weighted by Gasteiger charge is 2.21. The van der Waals surface area contributed by atoms with Crippen LogP contribution in [0.25, 0.3) is 0 Å². The molecule has 1 aromatic rings. The minimum absolute atomic E-state index is 0.0677. The maximum Gasteiger partial charge on any atom is 0.239 e. The van der Waals surface area contributed by atoms with Gasteiger partial charge in [0, 0.05) is 20.2 Å². The van der Waals surface area contributed by atoms with Crippen molar-refractivity contribution in [2.24, 2.45) is 0 Å². The van der Waals surface area contributed by atoms with Crippen LogP contribution in [0.5, 0.6) is 5.88 Å². The first-order valence-electron chi connectivity index (χ1n) is 6.81. The summed E-state index contributed by atoms with van der Waals surface area (Å²) < 4.78 is 11.1. The Morgan fingerprint density at radius 1 is 1.42 bits per heavy atom. The summed E-state index contributed by atoms with van der Waals surface area (Å²) in [4.78, 5) is 6.75. The van der Waals surface area contributed by atoms with Crippen molar-refractivity contribution in [3.05, 3.63) is 12.1 Å². The predicted octanol–water partition coefficient (Wildman–Crippen LogP) is 2.07. The maximum atomic E-state index is 5.89. The lowest BCUT2D eigenvalue weighted by Gasteiger charge is -2.33. The molecule has 0 saturated carbocycles. The van der Waals surface area contributed by atoms with E-state index in [1.165, 1.54) is 0 Å². The van der Waals surface area contributed by atoms with E-state index >= 15 is 0 Å². The SMILES string of the molecule is COC1CCCN(c2ccc(N)c(OC(C)C)n2)C1. The van der Waals surface area contributed by atoms with E-state index in [-0.39, 0.29) is 12.2 Å². The molecule has 5 heteroatoms. The normalized spacial score (nSPS) is 19.8. The standard InChI is InChI=1S/C14H23N3O2/c1-10(2)19-14-12(15)6-7-13(16-14)17-8-4-5-11(9-17)18-3/h6-7,10-11H,4-5,8-9,15H2,1-3H3. The molecule has 0 aliphatic carbocycles. The average Bonchev–Trinajstić information content (AvgIpc) is 2.41. The van der Waals surface area contributed by atoms with Crippen LogP contribution in [0.3, 0.4) is 0 Å². The molecule has 1 fully saturated rings. The molecular formula is C14H23N3O2. The van der Waals surface area contributed by atoms with Gasteiger partial charge in [0.1, 0.15) is 5.82 Å². The molecule has 0 amide bonds. The first-order chi connectivity index (χ1) is 9.10. The van der Waals surface area contributed by atoms with Gasteiger partial charge in [-0.3, -0.25) is 0 Å². The van der Waals surface area contributed by atoms with Gasteiger partial charge in [-0.1, -0.05) is 0 Å². The van der Waals surface area contributed by atoms with Crippen LogP contribution in [0.2, 0.25) is 0 Å². The second kappa shape index (κ2) is 6.10. The summed E-state index contributed by atoms with van der Waals surface area (Å²) >= 11 is 0. The zero-order chi connectivity index (χ0) is 13.8. The number of methoxy groups -OCH3 is 1. The second-order valence-corrected chi connectivity index (χ2v) is 5.18. The first kappa shape index (κ1) is 13.9. The topological polar surface area (TPSA) is 60.6 Å². The first-order valence-corrected chi connectivity index (χ1v) is 6.81. The van der Waals surface area contributed by atoms with Gasteiger partial charge in [-0.2, -0.15) is 4.98 Å². The van der Waals surface area contributed by atoms with E-state index in [2.05, 4.69) is 9.88 Å². The van der Waals surface area contributed by atoms with E-state index in [0.717, 1.165) is 31.7 Å². The Morgan fingerprint density at radius 2 is 2.21 bits per heavy atom. The van der Waals surface area contributed by atoms with Crippen LogP contribution < -0.4 is 15.4 Å². The molecule has 0 bridgehead atoms. The van der Waals surface area contributed by atoms with Gasteiger partial charge in [-0.15, -0.1) is 0 Å². The molecule has 106 valence electrons. The summed E-state index contributed by atoms with van der Waals surface area (Å²) in [6.07, 6.45) is 2.57. The summed E-state index contributed by atoms with van der Waals surface area (Å²) in [5, 5.41) is 0. The van der Waals surface area contributed by atoms with Gasteiger partial charge in [0.25, 0.3) is 0 Å². The summed E-state index contributed by atoms with van der Waals surface area (Å²) in [7, 11) is 1.76. The fourth-order valence-electron chi connectivity index (χ4n) is 2.27. The lowest BCUT2D eigenvalue weighted by atomic mass is 10.1. The molecule has 2 heterocycles. The summed E-state index contributed by atoms with van der Waals surface area (Å²) in [5.41, 5.74) is 6.47. The minimum Gasteiger partial charge on any atom is -0.473 e. The second-order valence-electron chi connectivity index (χ2n) is 5.18.